The second kappa shape index (κ2) is 7.17. The molecule has 0 aromatic carbocycles. The molecule has 1 aliphatic heterocycles. The van der Waals surface area contributed by atoms with Crippen molar-refractivity contribution in [1.82, 2.24) is 25.3 Å². The standard InChI is InChI=1S/C14H21N5O3/c1-10(20)15-4-5-16-13(21)9-19-6-3-12-11(8-19)7-14(22)18(2)17-12/h7H,3-6,8-9H2,1-2H3,(H,15,20)(H,16,21). The second-order valence-electron chi connectivity index (χ2n) is 5.37. The van der Waals surface area contributed by atoms with E-state index in [0.717, 1.165) is 24.2 Å². The number of amides is 2. The van der Waals surface area contributed by atoms with E-state index in [-0.39, 0.29) is 23.9 Å². The van der Waals surface area contributed by atoms with Crippen molar-refractivity contribution in [2.75, 3.05) is 26.2 Å². The fourth-order valence-electron chi connectivity index (χ4n) is 2.39. The summed E-state index contributed by atoms with van der Waals surface area (Å²) in [4.78, 5) is 36.2. The summed E-state index contributed by atoms with van der Waals surface area (Å²) < 4.78 is 1.34. The predicted molar refractivity (Wildman–Crippen MR) is 80.2 cm³/mol. The van der Waals surface area contributed by atoms with Crippen LogP contribution in [0.25, 0.3) is 0 Å². The van der Waals surface area contributed by atoms with Gasteiger partial charge in [-0.25, -0.2) is 4.68 Å². The van der Waals surface area contributed by atoms with Crippen molar-refractivity contribution in [3.8, 4) is 0 Å². The average Bonchev–Trinajstić information content (AvgIpc) is 2.45. The maximum atomic E-state index is 11.8. The predicted octanol–water partition coefficient (Wildman–Crippen LogP) is -1.61. The molecule has 0 radical (unpaired) electrons. The molecule has 2 rings (SSSR count). The third-order valence-electron chi connectivity index (χ3n) is 3.51. The molecule has 8 nitrogen and oxygen atoms in total. The van der Waals surface area contributed by atoms with E-state index in [4.69, 9.17) is 0 Å². The van der Waals surface area contributed by atoms with Gasteiger partial charge in [-0.2, -0.15) is 5.10 Å². The second-order valence-corrected chi connectivity index (χ2v) is 5.37. The van der Waals surface area contributed by atoms with Crippen LogP contribution in [0.15, 0.2) is 10.9 Å². The molecular weight excluding hydrogens is 286 g/mol. The number of hydrogen-bond acceptors (Lipinski definition) is 5. The maximum absolute atomic E-state index is 11.8. The monoisotopic (exact) mass is 307 g/mol. The topological polar surface area (TPSA) is 96.3 Å². The zero-order valence-electron chi connectivity index (χ0n) is 12.9. The van der Waals surface area contributed by atoms with Crippen LogP contribution >= 0.6 is 0 Å². The van der Waals surface area contributed by atoms with Crippen molar-refractivity contribution < 1.29 is 9.59 Å². The van der Waals surface area contributed by atoms with Crippen LogP contribution in [0.4, 0.5) is 0 Å². The van der Waals surface area contributed by atoms with Gasteiger partial charge < -0.3 is 10.6 Å². The number of aromatic nitrogens is 2. The smallest absolute Gasteiger partial charge is 0.266 e. The molecule has 2 heterocycles. The SMILES string of the molecule is CC(=O)NCCNC(=O)CN1CCc2nn(C)c(=O)cc2C1. The summed E-state index contributed by atoms with van der Waals surface area (Å²) in [7, 11) is 1.64. The Hall–Kier alpha value is -2.22. The van der Waals surface area contributed by atoms with Gasteiger partial charge in [-0.15, -0.1) is 0 Å². The molecule has 8 heteroatoms. The van der Waals surface area contributed by atoms with E-state index in [9.17, 15) is 14.4 Å². The highest BCUT2D eigenvalue weighted by Gasteiger charge is 2.20. The Bertz CT molecular complexity index is 625. The first-order valence-corrected chi connectivity index (χ1v) is 7.25. The molecule has 22 heavy (non-hydrogen) atoms. The van der Waals surface area contributed by atoms with Gasteiger partial charge in [0, 0.05) is 52.6 Å². The molecule has 2 N–H and O–H groups in total. The van der Waals surface area contributed by atoms with Crippen LogP contribution in [0.3, 0.4) is 0 Å². The molecule has 1 aromatic heterocycles. The summed E-state index contributed by atoms with van der Waals surface area (Å²) >= 11 is 0. The van der Waals surface area contributed by atoms with E-state index in [1.165, 1.54) is 11.6 Å². The number of rotatable bonds is 5. The summed E-state index contributed by atoms with van der Waals surface area (Å²) in [6, 6.07) is 1.59. The molecule has 0 saturated carbocycles. The Morgan fingerprint density at radius 3 is 2.77 bits per heavy atom. The van der Waals surface area contributed by atoms with Gasteiger partial charge in [-0.05, 0) is 5.56 Å². The van der Waals surface area contributed by atoms with Crippen LogP contribution in [-0.4, -0.2) is 52.7 Å². The largest absolute Gasteiger partial charge is 0.355 e. The summed E-state index contributed by atoms with van der Waals surface area (Å²) in [5.74, 6) is -0.207. The number of carbonyl (C=O) groups excluding carboxylic acids is 2. The van der Waals surface area contributed by atoms with Crippen LogP contribution in [0.1, 0.15) is 18.2 Å². The quantitative estimate of drug-likeness (QED) is 0.638. The summed E-state index contributed by atoms with van der Waals surface area (Å²) in [5.41, 5.74) is 1.67. The Morgan fingerprint density at radius 2 is 2.05 bits per heavy atom. The molecule has 1 aliphatic rings. The highest BCUT2D eigenvalue weighted by Crippen LogP contribution is 2.14. The van der Waals surface area contributed by atoms with Crippen molar-refractivity contribution in [2.45, 2.75) is 19.9 Å². The number of nitrogens with zero attached hydrogens (tertiary/aromatic N) is 3. The molecule has 0 unspecified atom stereocenters. The molecule has 2 amide bonds. The number of carbonyl (C=O) groups is 2. The minimum absolute atomic E-state index is 0.0920. The Balaban J connectivity index is 1.82. The van der Waals surface area contributed by atoms with Gasteiger partial charge in [0.1, 0.15) is 0 Å². The third kappa shape index (κ3) is 4.39. The molecular formula is C14H21N5O3. The summed E-state index contributed by atoms with van der Waals surface area (Å²) in [5, 5.41) is 9.61. The first-order chi connectivity index (χ1) is 10.5. The van der Waals surface area contributed by atoms with Gasteiger partial charge in [0.2, 0.25) is 11.8 Å². The van der Waals surface area contributed by atoms with E-state index in [0.29, 0.717) is 19.6 Å². The first-order valence-electron chi connectivity index (χ1n) is 7.25. The molecule has 120 valence electrons. The fourth-order valence-corrected chi connectivity index (χ4v) is 2.39. The molecule has 0 fully saturated rings. The normalized spacial score (nSPS) is 14.3. The molecule has 0 bridgehead atoms. The summed E-state index contributed by atoms with van der Waals surface area (Å²) in [6.45, 7) is 3.82. The fraction of sp³-hybridized carbons (Fsp3) is 0.571. The lowest BCUT2D eigenvalue weighted by Gasteiger charge is -2.27. The third-order valence-corrected chi connectivity index (χ3v) is 3.51. The summed E-state index contributed by atoms with van der Waals surface area (Å²) in [6.07, 6.45) is 0.725. The lowest BCUT2D eigenvalue weighted by molar-refractivity contribution is -0.123. The van der Waals surface area contributed by atoms with Gasteiger partial charge in [0.25, 0.3) is 5.56 Å². The number of aryl methyl sites for hydroxylation is 1. The van der Waals surface area contributed by atoms with Crippen LogP contribution in [-0.2, 0) is 29.6 Å². The zero-order chi connectivity index (χ0) is 16.1. The van der Waals surface area contributed by atoms with Crippen molar-refractivity contribution in [3.05, 3.63) is 27.7 Å². The Labute approximate surface area is 128 Å². The zero-order valence-corrected chi connectivity index (χ0v) is 12.9. The average molecular weight is 307 g/mol. The lowest BCUT2D eigenvalue weighted by Crippen LogP contribution is -2.42. The first kappa shape index (κ1) is 16.2. The van der Waals surface area contributed by atoms with Crippen molar-refractivity contribution in [1.29, 1.82) is 0 Å². The van der Waals surface area contributed by atoms with E-state index < -0.39 is 0 Å². The van der Waals surface area contributed by atoms with E-state index in [1.807, 2.05) is 4.90 Å². The molecule has 0 aliphatic carbocycles. The number of fused-ring (bicyclic) bond motifs is 1. The number of nitrogens with one attached hydrogen (secondary N) is 2. The van der Waals surface area contributed by atoms with Crippen LogP contribution in [0, 0.1) is 0 Å². The minimum Gasteiger partial charge on any atom is -0.355 e. The van der Waals surface area contributed by atoms with Crippen molar-refractivity contribution in [2.24, 2.45) is 7.05 Å². The molecule has 1 aromatic rings. The van der Waals surface area contributed by atoms with Gasteiger partial charge in [0.15, 0.2) is 0 Å². The highest BCUT2D eigenvalue weighted by molar-refractivity contribution is 5.78. The van der Waals surface area contributed by atoms with Crippen LogP contribution < -0.4 is 16.2 Å². The van der Waals surface area contributed by atoms with Crippen molar-refractivity contribution in [3.63, 3.8) is 0 Å². The van der Waals surface area contributed by atoms with Crippen molar-refractivity contribution >= 4 is 11.8 Å². The maximum Gasteiger partial charge on any atom is 0.266 e. The van der Waals surface area contributed by atoms with Gasteiger partial charge in [-0.1, -0.05) is 0 Å². The van der Waals surface area contributed by atoms with Gasteiger partial charge in [-0.3, -0.25) is 19.3 Å². The van der Waals surface area contributed by atoms with Gasteiger partial charge >= 0.3 is 0 Å². The van der Waals surface area contributed by atoms with Crippen LogP contribution in [0.2, 0.25) is 0 Å². The lowest BCUT2D eigenvalue weighted by atomic mass is 10.1. The molecule has 0 spiro atoms. The van der Waals surface area contributed by atoms with E-state index >= 15 is 0 Å². The highest BCUT2D eigenvalue weighted by atomic mass is 16.2. The molecule has 0 atom stereocenters. The minimum atomic E-state index is -0.139. The molecule has 0 saturated heterocycles. The number of hydrogen-bond donors (Lipinski definition) is 2. The Morgan fingerprint density at radius 1 is 1.32 bits per heavy atom. The van der Waals surface area contributed by atoms with E-state index in [1.54, 1.807) is 13.1 Å². The van der Waals surface area contributed by atoms with Crippen LogP contribution in [0.5, 0.6) is 0 Å². The van der Waals surface area contributed by atoms with Gasteiger partial charge in [0.05, 0.1) is 12.2 Å². The van der Waals surface area contributed by atoms with E-state index in [2.05, 4.69) is 15.7 Å². The Kier molecular flexibility index (Phi) is 5.26.